The van der Waals surface area contributed by atoms with Crippen LogP contribution in [-0.4, -0.2) is 36.4 Å². The van der Waals surface area contributed by atoms with Crippen LogP contribution in [0.4, 0.5) is 11.6 Å². The third kappa shape index (κ3) is 4.21. The summed E-state index contributed by atoms with van der Waals surface area (Å²) in [4.78, 5) is 9.05. The van der Waals surface area contributed by atoms with Gasteiger partial charge in [0.25, 0.3) is 0 Å². The highest BCUT2D eigenvalue weighted by Crippen LogP contribution is 2.32. The van der Waals surface area contributed by atoms with Gasteiger partial charge in [0.15, 0.2) is 5.82 Å². The third-order valence-corrected chi connectivity index (χ3v) is 7.15. The number of aryl methyl sites for hydroxylation is 2. The Kier molecular flexibility index (Phi) is 5.82. The van der Waals surface area contributed by atoms with Gasteiger partial charge in [0.1, 0.15) is 0 Å². The Morgan fingerprint density at radius 1 is 1.21 bits per heavy atom. The van der Waals surface area contributed by atoms with Crippen molar-refractivity contribution in [1.29, 1.82) is 0 Å². The Morgan fingerprint density at radius 2 is 2.06 bits per heavy atom. The minimum atomic E-state index is 0.241. The number of benzene rings is 1. The number of nitrogens with one attached hydrogen (secondary N) is 2. The molecule has 2 atom stereocenters. The number of halogens is 1. The molecular formula is C24H29ClN8. The minimum absolute atomic E-state index is 0.241. The second kappa shape index (κ2) is 8.78. The molecule has 0 aliphatic heterocycles. The molecule has 1 saturated carbocycles. The molecule has 172 valence electrons. The van der Waals surface area contributed by atoms with Crippen molar-refractivity contribution in [3.05, 3.63) is 58.6 Å². The first-order valence-corrected chi connectivity index (χ1v) is 11.7. The zero-order chi connectivity index (χ0) is 23.1. The number of hydrogen-bond acceptors (Lipinski definition) is 6. The van der Waals surface area contributed by atoms with Gasteiger partial charge in [0.05, 0.1) is 10.7 Å². The van der Waals surface area contributed by atoms with Crippen LogP contribution in [0.5, 0.6) is 0 Å². The average molecular weight is 465 g/mol. The maximum atomic E-state index is 6.52. The summed E-state index contributed by atoms with van der Waals surface area (Å²) in [6.45, 7) is 4.78. The maximum absolute atomic E-state index is 6.52. The van der Waals surface area contributed by atoms with E-state index in [1.54, 1.807) is 10.9 Å². The van der Waals surface area contributed by atoms with Gasteiger partial charge in [-0.15, -0.1) is 0 Å². The van der Waals surface area contributed by atoms with Crippen LogP contribution in [0.3, 0.4) is 0 Å². The van der Waals surface area contributed by atoms with Gasteiger partial charge in [-0.05, 0) is 44.9 Å². The van der Waals surface area contributed by atoms with Crippen LogP contribution in [0.2, 0.25) is 5.02 Å². The summed E-state index contributed by atoms with van der Waals surface area (Å²) in [5.41, 5.74) is 11.3. The Morgan fingerprint density at radius 3 is 2.85 bits per heavy atom. The molecule has 1 aliphatic carbocycles. The van der Waals surface area contributed by atoms with Gasteiger partial charge in [-0.3, -0.25) is 0 Å². The molecule has 0 radical (unpaired) electrons. The largest absolute Gasteiger partial charge is 0.346 e. The van der Waals surface area contributed by atoms with Crippen molar-refractivity contribution in [2.45, 2.75) is 51.7 Å². The molecule has 0 amide bonds. The zero-order valence-corrected chi connectivity index (χ0v) is 19.9. The van der Waals surface area contributed by atoms with Crippen LogP contribution in [0.15, 0.2) is 36.7 Å². The van der Waals surface area contributed by atoms with Gasteiger partial charge in [0.2, 0.25) is 5.95 Å². The van der Waals surface area contributed by atoms with E-state index in [-0.39, 0.29) is 6.04 Å². The average Bonchev–Trinajstić information content (AvgIpc) is 3.46. The van der Waals surface area contributed by atoms with Gasteiger partial charge in [0, 0.05) is 72.0 Å². The molecule has 1 fully saturated rings. The highest BCUT2D eigenvalue weighted by Gasteiger charge is 2.23. The summed E-state index contributed by atoms with van der Waals surface area (Å²) in [7, 11) is 2.02. The number of nitrogens with two attached hydrogens (primary N) is 1. The quantitative estimate of drug-likeness (QED) is 0.396. The van der Waals surface area contributed by atoms with Crippen LogP contribution in [0, 0.1) is 13.8 Å². The highest BCUT2D eigenvalue weighted by atomic mass is 35.5. The second-order valence-electron chi connectivity index (χ2n) is 8.82. The Hall–Kier alpha value is -2.94. The van der Waals surface area contributed by atoms with Crippen LogP contribution < -0.4 is 16.4 Å². The predicted molar refractivity (Wildman–Crippen MR) is 132 cm³/mol. The number of rotatable bonds is 6. The maximum Gasteiger partial charge on any atom is 0.229 e. The van der Waals surface area contributed by atoms with Crippen molar-refractivity contribution in [2.24, 2.45) is 12.8 Å². The monoisotopic (exact) mass is 464 g/mol. The van der Waals surface area contributed by atoms with Crippen molar-refractivity contribution < 1.29 is 0 Å². The molecule has 8 nitrogen and oxygen atoms in total. The van der Waals surface area contributed by atoms with Gasteiger partial charge in [-0.2, -0.15) is 10.1 Å². The predicted octanol–water partition coefficient (Wildman–Crippen LogP) is 4.14. The van der Waals surface area contributed by atoms with Crippen molar-refractivity contribution in [3.8, 4) is 5.82 Å². The normalized spacial score (nSPS) is 18.3. The molecule has 9 heteroatoms. The lowest BCUT2D eigenvalue weighted by Gasteiger charge is -2.16. The second-order valence-corrected chi connectivity index (χ2v) is 9.20. The van der Waals surface area contributed by atoms with Crippen molar-refractivity contribution in [1.82, 2.24) is 29.6 Å². The summed E-state index contributed by atoms with van der Waals surface area (Å²) in [5.74, 6) is 1.20. The molecule has 1 aromatic carbocycles. The third-order valence-electron chi connectivity index (χ3n) is 6.67. The molecule has 0 saturated heterocycles. The number of hydrogen-bond donors (Lipinski definition) is 3. The smallest absolute Gasteiger partial charge is 0.229 e. The number of nitrogens with zero attached hydrogens (tertiary/aromatic N) is 5. The Balaban J connectivity index is 1.34. The van der Waals surface area contributed by atoms with Gasteiger partial charge in [-0.1, -0.05) is 18.0 Å². The highest BCUT2D eigenvalue weighted by molar-refractivity contribution is 6.36. The Bertz CT molecular complexity index is 1310. The van der Waals surface area contributed by atoms with E-state index >= 15 is 0 Å². The van der Waals surface area contributed by atoms with Crippen LogP contribution in [0.25, 0.3) is 16.7 Å². The van der Waals surface area contributed by atoms with Gasteiger partial charge in [-0.25, -0.2) is 9.67 Å². The molecule has 3 aromatic heterocycles. The van der Waals surface area contributed by atoms with Gasteiger partial charge < -0.3 is 20.9 Å². The van der Waals surface area contributed by atoms with E-state index in [1.807, 2.05) is 51.4 Å². The standard InChI is InChI=1S/C24H29ClN8/c1-14-16(12-28-20-6-4-5-19(20)26)13-33(31-14)22-9-10-27-24(30-22)29-17-7-8-21-18(11-17)23(25)15(2)32(21)3/h7-11,13,19-20,28H,4-6,12,26H2,1-3H3,(H,27,29,30). The minimum Gasteiger partial charge on any atom is -0.346 e. The molecule has 33 heavy (non-hydrogen) atoms. The zero-order valence-electron chi connectivity index (χ0n) is 19.1. The van der Waals surface area contributed by atoms with Crippen molar-refractivity contribution in [3.63, 3.8) is 0 Å². The fourth-order valence-electron chi connectivity index (χ4n) is 4.54. The Labute approximate surface area is 198 Å². The fourth-order valence-corrected chi connectivity index (χ4v) is 4.82. The van der Waals surface area contributed by atoms with E-state index in [0.717, 1.165) is 58.0 Å². The van der Waals surface area contributed by atoms with Crippen molar-refractivity contribution in [2.75, 3.05) is 5.32 Å². The number of anilines is 2. The van der Waals surface area contributed by atoms with Gasteiger partial charge >= 0.3 is 0 Å². The first-order chi connectivity index (χ1) is 15.9. The van der Waals surface area contributed by atoms with Crippen LogP contribution in [-0.2, 0) is 13.6 Å². The molecule has 1 aliphatic rings. The lowest BCUT2D eigenvalue weighted by molar-refractivity contribution is 0.475. The summed E-state index contributed by atoms with van der Waals surface area (Å²) >= 11 is 6.52. The SMILES string of the molecule is Cc1nn(-c2ccnc(Nc3ccc4c(c3)c(Cl)c(C)n4C)n2)cc1CNC1CCCC1N. The molecule has 4 N–H and O–H groups in total. The lowest BCUT2D eigenvalue weighted by atomic mass is 10.1. The van der Waals surface area contributed by atoms with E-state index in [9.17, 15) is 0 Å². The summed E-state index contributed by atoms with van der Waals surface area (Å²) in [6.07, 6.45) is 7.17. The number of aromatic nitrogens is 5. The summed E-state index contributed by atoms with van der Waals surface area (Å²) in [6, 6.07) is 8.54. The molecule has 0 bridgehead atoms. The molecular weight excluding hydrogens is 436 g/mol. The van der Waals surface area contributed by atoms with Crippen LogP contribution >= 0.6 is 11.6 Å². The molecule has 2 unspecified atom stereocenters. The summed E-state index contributed by atoms with van der Waals surface area (Å²) in [5, 5.41) is 13.3. The van der Waals surface area contributed by atoms with Crippen LogP contribution in [0.1, 0.15) is 36.2 Å². The van der Waals surface area contributed by atoms with E-state index < -0.39 is 0 Å². The van der Waals surface area contributed by atoms with E-state index in [0.29, 0.717) is 17.8 Å². The van der Waals surface area contributed by atoms with Crippen molar-refractivity contribution >= 4 is 34.1 Å². The fraction of sp³-hybridized carbons (Fsp3) is 0.375. The molecule has 5 rings (SSSR count). The van der Waals surface area contributed by atoms with E-state index in [1.165, 1.54) is 6.42 Å². The lowest BCUT2D eigenvalue weighted by Crippen LogP contribution is -2.40. The molecule has 4 aromatic rings. The summed E-state index contributed by atoms with van der Waals surface area (Å²) < 4.78 is 3.89. The first kappa shape index (κ1) is 21.9. The topological polar surface area (TPSA) is 98.6 Å². The first-order valence-electron chi connectivity index (χ1n) is 11.3. The van der Waals surface area contributed by atoms with E-state index in [4.69, 9.17) is 17.3 Å². The molecule has 0 spiro atoms. The molecule has 3 heterocycles. The van der Waals surface area contributed by atoms with E-state index in [2.05, 4.69) is 30.3 Å². The number of fused-ring (bicyclic) bond motifs is 1.